The molecule has 0 saturated carbocycles. The van der Waals surface area contributed by atoms with Crippen LogP contribution in [0.4, 0.5) is 0 Å². The standard InChI is InChI=1S/C24H30N2O/c1-17-5-10-23-22(15-17)21-11-13-25(3)14-12-24(21)26(23)16-18(2)19-6-8-20(27-4)9-7-19/h5-10,15,18H,11-14,16H2,1-4H3/t18-/m0/s1. The van der Waals surface area contributed by atoms with Gasteiger partial charge in [0.2, 0.25) is 0 Å². The Hall–Kier alpha value is -2.26. The molecule has 1 aliphatic rings. The van der Waals surface area contributed by atoms with Gasteiger partial charge in [0, 0.05) is 42.7 Å². The van der Waals surface area contributed by atoms with Crippen molar-refractivity contribution in [2.75, 3.05) is 27.2 Å². The summed E-state index contributed by atoms with van der Waals surface area (Å²) in [7, 11) is 3.96. The Bertz CT molecular complexity index is 939. The van der Waals surface area contributed by atoms with Crippen LogP contribution in [-0.2, 0) is 19.4 Å². The molecule has 0 bridgehead atoms. The first-order valence-corrected chi connectivity index (χ1v) is 10.00. The van der Waals surface area contributed by atoms with E-state index in [0.29, 0.717) is 5.92 Å². The van der Waals surface area contributed by atoms with Gasteiger partial charge < -0.3 is 14.2 Å². The van der Waals surface area contributed by atoms with E-state index < -0.39 is 0 Å². The van der Waals surface area contributed by atoms with Gasteiger partial charge in [-0.15, -0.1) is 0 Å². The zero-order valence-corrected chi connectivity index (χ0v) is 17.0. The van der Waals surface area contributed by atoms with Crippen LogP contribution in [0.25, 0.3) is 10.9 Å². The number of likely N-dealkylation sites (N-methyl/N-ethyl adjacent to an activating group) is 1. The van der Waals surface area contributed by atoms with Crippen molar-refractivity contribution in [3.63, 3.8) is 0 Å². The van der Waals surface area contributed by atoms with Crippen LogP contribution in [0.3, 0.4) is 0 Å². The van der Waals surface area contributed by atoms with E-state index >= 15 is 0 Å². The third-order valence-corrected chi connectivity index (χ3v) is 6.06. The maximum atomic E-state index is 5.31. The smallest absolute Gasteiger partial charge is 0.118 e. The molecule has 142 valence electrons. The zero-order chi connectivity index (χ0) is 19.0. The lowest BCUT2D eigenvalue weighted by Crippen LogP contribution is -2.21. The Labute approximate surface area is 162 Å². The molecule has 4 rings (SSSR count). The average molecular weight is 363 g/mol. The van der Waals surface area contributed by atoms with E-state index in [9.17, 15) is 0 Å². The van der Waals surface area contributed by atoms with Crippen LogP contribution in [0.5, 0.6) is 5.75 Å². The summed E-state index contributed by atoms with van der Waals surface area (Å²) in [5, 5.41) is 1.46. The number of aryl methyl sites for hydroxylation is 1. The molecule has 3 aromatic rings. The third kappa shape index (κ3) is 3.49. The minimum absolute atomic E-state index is 0.456. The summed E-state index contributed by atoms with van der Waals surface area (Å²) in [6.07, 6.45) is 2.28. The summed E-state index contributed by atoms with van der Waals surface area (Å²) < 4.78 is 7.91. The fourth-order valence-electron chi connectivity index (χ4n) is 4.39. The topological polar surface area (TPSA) is 17.4 Å². The van der Waals surface area contributed by atoms with Crippen LogP contribution in [0.1, 0.15) is 35.2 Å². The maximum absolute atomic E-state index is 5.31. The van der Waals surface area contributed by atoms with Crippen molar-refractivity contribution >= 4 is 10.9 Å². The fourth-order valence-corrected chi connectivity index (χ4v) is 4.39. The van der Waals surface area contributed by atoms with Crippen molar-refractivity contribution in [1.29, 1.82) is 0 Å². The van der Waals surface area contributed by atoms with E-state index in [1.807, 2.05) is 0 Å². The molecule has 0 spiro atoms. The van der Waals surface area contributed by atoms with Crippen LogP contribution in [-0.4, -0.2) is 36.7 Å². The van der Waals surface area contributed by atoms with Crippen molar-refractivity contribution in [2.24, 2.45) is 0 Å². The van der Waals surface area contributed by atoms with Crippen LogP contribution < -0.4 is 4.74 Å². The molecule has 0 N–H and O–H groups in total. The van der Waals surface area contributed by atoms with Gasteiger partial charge in [0.25, 0.3) is 0 Å². The van der Waals surface area contributed by atoms with Crippen LogP contribution in [0.15, 0.2) is 42.5 Å². The molecule has 1 aromatic heterocycles. The zero-order valence-electron chi connectivity index (χ0n) is 17.0. The number of hydrogen-bond donors (Lipinski definition) is 0. The van der Waals surface area contributed by atoms with Crippen molar-refractivity contribution in [1.82, 2.24) is 9.47 Å². The molecule has 1 atom stereocenters. The van der Waals surface area contributed by atoms with E-state index in [2.05, 4.69) is 72.8 Å². The molecule has 1 aliphatic heterocycles. The number of aromatic nitrogens is 1. The molecule has 0 fully saturated rings. The van der Waals surface area contributed by atoms with Gasteiger partial charge in [-0.1, -0.05) is 30.7 Å². The van der Waals surface area contributed by atoms with E-state index in [1.54, 1.807) is 18.4 Å². The molecule has 3 nitrogen and oxygen atoms in total. The predicted molar refractivity (Wildman–Crippen MR) is 113 cm³/mol. The second kappa shape index (κ2) is 7.40. The lowest BCUT2D eigenvalue weighted by Gasteiger charge is -2.18. The number of nitrogens with zero attached hydrogens (tertiary/aromatic N) is 2. The summed E-state index contributed by atoms with van der Waals surface area (Å²) in [4.78, 5) is 2.46. The van der Waals surface area contributed by atoms with Gasteiger partial charge in [-0.2, -0.15) is 0 Å². The highest BCUT2D eigenvalue weighted by molar-refractivity contribution is 5.86. The fraction of sp³-hybridized carbons (Fsp3) is 0.417. The number of rotatable bonds is 4. The minimum Gasteiger partial charge on any atom is -0.497 e. The molecule has 0 aliphatic carbocycles. The number of benzene rings is 2. The summed E-state index contributed by atoms with van der Waals surface area (Å²) in [5.41, 5.74) is 7.23. The molecule has 2 heterocycles. The molecule has 3 heteroatoms. The molecule has 2 aromatic carbocycles. The minimum atomic E-state index is 0.456. The summed E-state index contributed by atoms with van der Waals surface area (Å²) >= 11 is 0. The summed E-state index contributed by atoms with van der Waals surface area (Å²) in [6, 6.07) is 15.5. The molecular weight excluding hydrogens is 332 g/mol. The van der Waals surface area contributed by atoms with Gasteiger partial charge in [0.05, 0.1) is 7.11 Å². The van der Waals surface area contributed by atoms with Gasteiger partial charge >= 0.3 is 0 Å². The Morgan fingerprint density at radius 2 is 1.78 bits per heavy atom. The predicted octanol–water partition coefficient (Wildman–Crippen LogP) is 4.79. The van der Waals surface area contributed by atoms with E-state index in [0.717, 1.165) is 38.2 Å². The Morgan fingerprint density at radius 1 is 1.04 bits per heavy atom. The Morgan fingerprint density at radius 3 is 2.52 bits per heavy atom. The van der Waals surface area contributed by atoms with Crippen LogP contribution in [0, 0.1) is 6.92 Å². The first kappa shape index (κ1) is 18.1. The number of fused-ring (bicyclic) bond motifs is 3. The number of hydrogen-bond acceptors (Lipinski definition) is 2. The van der Waals surface area contributed by atoms with Crippen LogP contribution >= 0.6 is 0 Å². The molecular formula is C24H30N2O. The van der Waals surface area contributed by atoms with Crippen LogP contribution in [0.2, 0.25) is 0 Å². The van der Waals surface area contributed by atoms with E-state index in [-0.39, 0.29) is 0 Å². The monoisotopic (exact) mass is 362 g/mol. The molecule has 0 radical (unpaired) electrons. The second-order valence-electron chi connectivity index (χ2n) is 8.03. The van der Waals surface area contributed by atoms with Gasteiger partial charge in [-0.3, -0.25) is 0 Å². The van der Waals surface area contributed by atoms with Gasteiger partial charge in [-0.05, 0) is 61.7 Å². The SMILES string of the molecule is COc1ccc([C@@H](C)Cn2c3c(c4cc(C)ccc42)CCN(C)CC3)cc1. The normalized spacial score (nSPS) is 16.1. The third-order valence-electron chi connectivity index (χ3n) is 6.06. The Kier molecular flexibility index (Phi) is 4.96. The second-order valence-corrected chi connectivity index (χ2v) is 8.03. The maximum Gasteiger partial charge on any atom is 0.118 e. The lowest BCUT2D eigenvalue weighted by molar-refractivity contribution is 0.350. The Balaban J connectivity index is 1.74. The summed E-state index contributed by atoms with van der Waals surface area (Å²) in [5.74, 6) is 1.38. The van der Waals surface area contributed by atoms with Gasteiger partial charge in [-0.25, -0.2) is 0 Å². The average Bonchev–Trinajstić information content (AvgIpc) is 2.82. The summed E-state index contributed by atoms with van der Waals surface area (Å²) in [6.45, 7) is 7.83. The molecule has 0 saturated heterocycles. The van der Waals surface area contributed by atoms with E-state index in [1.165, 1.54) is 22.0 Å². The number of methoxy groups -OCH3 is 1. The number of ether oxygens (including phenoxy) is 1. The quantitative estimate of drug-likeness (QED) is 0.664. The van der Waals surface area contributed by atoms with Crippen molar-refractivity contribution < 1.29 is 4.74 Å². The van der Waals surface area contributed by atoms with Crippen molar-refractivity contribution in [3.05, 3.63) is 64.8 Å². The van der Waals surface area contributed by atoms with Gasteiger partial charge in [0.15, 0.2) is 0 Å². The van der Waals surface area contributed by atoms with Gasteiger partial charge in [0.1, 0.15) is 5.75 Å². The van der Waals surface area contributed by atoms with Crippen molar-refractivity contribution in [2.45, 2.75) is 39.2 Å². The van der Waals surface area contributed by atoms with Crippen molar-refractivity contribution in [3.8, 4) is 5.75 Å². The first-order chi connectivity index (χ1) is 13.1. The highest BCUT2D eigenvalue weighted by atomic mass is 16.5. The lowest BCUT2D eigenvalue weighted by atomic mass is 10.0. The first-order valence-electron chi connectivity index (χ1n) is 10.00. The molecule has 0 unspecified atom stereocenters. The molecule has 0 amide bonds. The molecule has 27 heavy (non-hydrogen) atoms. The largest absolute Gasteiger partial charge is 0.497 e. The highest BCUT2D eigenvalue weighted by Crippen LogP contribution is 2.32. The van der Waals surface area contributed by atoms with E-state index in [4.69, 9.17) is 4.74 Å². The highest BCUT2D eigenvalue weighted by Gasteiger charge is 2.22.